The molecule has 0 aliphatic heterocycles. The number of ether oxygens (including phenoxy) is 1. The first-order valence-corrected chi connectivity index (χ1v) is 7.45. The van der Waals surface area contributed by atoms with Crippen LogP contribution in [0.2, 0.25) is 0 Å². The summed E-state index contributed by atoms with van der Waals surface area (Å²) < 4.78 is 5.87. The lowest BCUT2D eigenvalue weighted by Gasteiger charge is -2.12. The first kappa shape index (κ1) is 15.3. The minimum absolute atomic E-state index is 0.480. The number of hydrogen-bond donors (Lipinski definition) is 1. The smallest absolute Gasteiger partial charge is 0.227 e. The van der Waals surface area contributed by atoms with Crippen molar-refractivity contribution in [3.63, 3.8) is 0 Å². The zero-order valence-corrected chi connectivity index (χ0v) is 13.2. The van der Waals surface area contributed by atoms with Crippen LogP contribution in [0.4, 0.5) is 5.82 Å². The van der Waals surface area contributed by atoms with Gasteiger partial charge in [0.15, 0.2) is 0 Å². The van der Waals surface area contributed by atoms with E-state index in [0.717, 1.165) is 24.2 Å². The van der Waals surface area contributed by atoms with Gasteiger partial charge in [0.2, 0.25) is 5.88 Å². The van der Waals surface area contributed by atoms with Crippen LogP contribution >= 0.6 is 0 Å². The highest BCUT2D eigenvalue weighted by Crippen LogP contribution is 2.27. The summed E-state index contributed by atoms with van der Waals surface area (Å²) >= 11 is 0. The quantitative estimate of drug-likeness (QED) is 0.892. The monoisotopic (exact) mass is 285 g/mol. The molecule has 0 radical (unpaired) electrons. The van der Waals surface area contributed by atoms with Gasteiger partial charge in [0, 0.05) is 6.42 Å². The highest BCUT2D eigenvalue weighted by Gasteiger charge is 2.10. The molecule has 0 aliphatic rings. The topological polar surface area (TPSA) is 61.0 Å². The van der Waals surface area contributed by atoms with Gasteiger partial charge in [-0.05, 0) is 37.0 Å². The highest BCUT2D eigenvalue weighted by molar-refractivity contribution is 5.46. The minimum Gasteiger partial charge on any atom is -0.439 e. The van der Waals surface area contributed by atoms with Gasteiger partial charge in [-0.2, -0.15) is 4.98 Å². The number of aryl methyl sites for hydroxylation is 1. The van der Waals surface area contributed by atoms with Crippen molar-refractivity contribution in [1.82, 2.24) is 9.97 Å². The van der Waals surface area contributed by atoms with Crippen molar-refractivity contribution in [2.75, 3.05) is 5.73 Å². The molecule has 1 heterocycles. The molecule has 112 valence electrons. The van der Waals surface area contributed by atoms with Gasteiger partial charge in [-0.1, -0.05) is 32.9 Å². The van der Waals surface area contributed by atoms with E-state index >= 15 is 0 Å². The molecular weight excluding hydrogens is 262 g/mol. The molecule has 0 bridgehead atoms. The fraction of sp³-hybridized carbons (Fsp3) is 0.412. The molecule has 1 aromatic heterocycles. The number of hydrogen-bond acceptors (Lipinski definition) is 4. The van der Waals surface area contributed by atoms with Gasteiger partial charge >= 0.3 is 0 Å². The first-order valence-electron chi connectivity index (χ1n) is 7.45. The second-order valence-electron chi connectivity index (χ2n) is 5.29. The summed E-state index contributed by atoms with van der Waals surface area (Å²) in [6, 6.07) is 8.16. The van der Waals surface area contributed by atoms with Crippen LogP contribution in [-0.2, 0) is 6.42 Å². The van der Waals surface area contributed by atoms with Crippen molar-refractivity contribution >= 4 is 5.82 Å². The first-order chi connectivity index (χ1) is 10.0. The zero-order chi connectivity index (χ0) is 15.4. The Morgan fingerprint density at radius 1 is 1.14 bits per heavy atom. The molecule has 0 saturated heterocycles. The summed E-state index contributed by atoms with van der Waals surface area (Å²) in [6.45, 7) is 8.28. The lowest BCUT2D eigenvalue weighted by molar-refractivity contribution is 0.455. The molecule has 0 saturated carbocycles. The molecule has 4 heteroatoms. The van der Waals surface area contributed by atoms with Crippen molar-refractivity contribution in [3.05, 3.63) is 41.2 Å². The van der Waals surface area contributed by atoms with Crippen LogP contribution in [0.1, 0.15) is 50.1 Å². The molecule has 21 heavy (non-hydrogen) atoms. The average Bonchev–Trinajstić information content (AvgIpc) is 2.51. The van der Waals surface area contributed by atoms with E-state index in [2.05, 4.69) is 35.9 Å². The Hall–Kier alpha value is -2.10. The molecule has 1 unspecified atom stereocenters. The minimum atomic E-state index is 0.480. The summed E-state index contributed by atoms with van der Waals surface area (Å²) in [5, 5.41) is 0. The average molecular weight is 285 g/mol. The second-order valence-corrected chi connectivity index (χ2v) is 5.29. The number of anilines is 1. The van der Waals surface area contributed by atoms with E-state index < -0.39 is 0 Å². The normalized spacial score (nSPS) is 12.2. The van der Waals surface area contributed by atoms with E-state index in [1.807, 2.05) is 26.0 Å². The fourth-order valence-electron chi connectivity index (χ4n) is 2.03. The van der Waals surface area contributed by atoms with E-state index in [9.17, 15) is 0 Å². The third-order valence-electron chi connectivity index (χ3n) is 3.78. The second kappa shape index (κ2) is 6.57. The van der Waals surface area contributed by atoms with Crippen molar-refractivity contribution in [1.29, 1.82) is 0 Å². The van der Waals surface area contributed by atoms with E-state index in [1.165, 1.54) is 5.56 Å². The number of nitrogen functional groups attached to an aromatic ring is 1. The highest BCUT2D eigenvalue weighted by atomic mass is 16.5. The molecule has 1 aromatic carbocycles. The Labute approximate surface area is 126 Å². The summed E-state index contributed by atoms with van der Waals surface area (Å²) in [5.74, 6) is 3.04. The summed E-state index contributed by atoms with van der Waals surface area (Å²) in [6.07, 6.45) is 1.86. The summed E-state index contributed by atoms with van der Waals surface area (Å²) in [5.41, 5.74) is 8.00. The lowest BCUT2D eigenvalue weighted by atomic mass is 9.99. The molecule has 0 fully saturated rings. The van der Waals surface area contributed by atoms with E-state index in [0.29, 0.717) is 23.4 Å². The molecule has 2 aromatic rings. The number of nitrogens with two attached hydrogens (primary N) is 1. The Morgan fingerprint density at radius 3 is 2.38 bits per heavy atom. The van der Waals surface area contributed by atoms with E-state index in [-0.39, 0.29) is 0 Å². The van der Waals surface area contributed by atoms with Gasteiger partial charge in [-0.15, -0.1) is 0 Å². The van der Waals surface area contributed by atoms with Crippen molar-refractivity contribution in [2.45, 2.75) is 46.5 Å². The maximum atomic E-state index is 5.90. The van der Waals surface area contributed by atoms with Crippen LogP contribution in [0.25, 0.3) is 0 Å². The van der Waals surface area contributed by atoms with Crippen LogP contribution in [0, 0.1) is 6.92 Å². The van der Waals surface area contributed by atoms with Crippen LogP contribution < -0.4 is 10.5 Å². The van der Waals surface area contributed by atoms with E-state index in [1.54, 1.807) is 0 Å². The number of rotatable bonds is 5. The molecule has 0 spiro atoms. The Kier molecular flexibility index (Phi) is 4.78. The van der Waals surface area contributed by atoms with Gasteiger partial charge in [-0.25, -0.2) is 4.98 Å². The number of nitrogens with zero attached hydrogens (tertiary/aromatic N) is 2. The molecule has 1 atom stereocenters. The Bertz CT molecular complexity index is 608. The van der Waals surface area contributed by atoms with E-state index in [4.69, 9.17) is 10.5 Å². The van der Waals surface area contributed by atoms with Crippen LogP contribution in [0.15, 0.2) is 24.3 Å². The zero-order valence-electron chi connectivity index (χ0n) is 13.2. The maximum Gasteiger partial charge on any atom is 0.227 e. The van der Waals surface area contributed by atoms with Crippen molar-refractivity contribution in [3.8, 4) is 11.6 Å². The van der Waals surface area contributed by atoms with Gasteiger partial charge in [0.1, 0.15) is 17.4 Å². The number of aromatic nitrogens is 2. The fourth-order valence-corrected chi connectivity index (χ4v) is 2.03. The molecular formula is C17H23N3O. The maximum absolute atomic E-state index is 5.90. The van der Waals surface area contributed by atoms with Crippen LogP contribution in [-0.4, -0.2) is 9.97 Å². The molecule has 2 rings (SSSR count). The molecule has 4 nitrogen and oxygen atoms in total. The predicted octanol–water partition coefficient (Wildman–Crippen LogP) is 4.24. The van der Waals surface area contributed by atoms with Gasteiger partial charge in [0.05, 0.1) is 5.56 Å². The third kappa shape index (κ3) is 3.51. The Balaban J connectivity index is 2.24. The molecule has 2 N–H and O–H groups in total. The molecule has 0 amide bonds. The van der Waals surface area contributed by atoms with Crippen LogP contribution in [0.3, 0.4) is 0 Å². The predicted molar refractivity (Wildman–Crippen MR) is 85.8 cm³/mol. The standard InChI is InChI=1S/C17H23N3O/c1-5-11(3)13-7-9-14(10-8-13)21-17-12(4)16(18)19-15(6-2)20-17/h7-11H,5-6H2,1-4H3,(H2,18,19,20). The third-order valence-corrected chi connectivity index (χ3v) is 3.78. The summed E-state index contributed by atoms with van der Waals surface area (Å²) in [4.78, 5) is 8.64. The van der Waals surface area contributed by atoms with Crippen LogP contribution in [0.5, 0.6) is 11.6 Å². The summed E-state index contributed by atoms with van der Waals surface area (Å²) in [7, 11) is 0. The number of benzene rings is 1. The van der Waals surface area contributed by atoms with Gasteiger partial charge in [0.25, 0.3) is 0 Å². The van der Waals surface area contributed by atoms with Gasteiger partial charge in [-0.3, -0.25) is 0 Å². The lowest BCUT2D eigenvalue weighted by Crippen LogP contribution is -2.04. The SMILES string of the molecule is CCc1nc(N)c(C)c(Oc2ccc(C(C)CC)cc2)n1. The van der Waals surface area contributed by atoms with Crippen molar-refractivity contribution in [2.24, 2.45) is 0 Å². The molecule has 0 aliphatic carbocycles. The Morgan fingerprint density at radius 2 is 1.81 bits per heavy atom. The van der Waals surface area contributed by atoms with Gasteiger partial charge < -0.3 is 10.5 Å². The van der Waals surface area contributed by atoms with Crippen molar-refractivity contribution < 1.29 is 4.74 Å². The largest absolute Gasteiger partial charge is 0.439 e.